The van der Waals surface area contributed by atoms with Gasteiger partial charge < -0.3 is 20.3 Å². The molecule has 2 fully saturated rings. The summed E-state index contributed by atoms with van der Waals surface area (Å²) in [5.74, 6) is -1.78. The molecule has 2 aliphatic rings. The molecule has 2 heterocycles. The number of hydrogen-bond acceptors (Lipinski definition) is 4. The highest BCUT2D eigenvalue weighted by molar-refractivity contribution is 6.07. The van der Waals surface area contributed by atoms with Crippen molar-refractivity contribution < 1.29 is 23.5 Å². The number of amides is 3. The molecule has 0 unspecified atom stereocenters. The smallest absolute Gasteiger partial charge is 0.253 e. The average Bonchev–Trinajstić information content (AvgIpc) is 3.43. The molecule has 7 nitrogen and oxygen atoms in total. The molecule has 2 aliphatic heterocycles. The number of para-hydroxylation sites is 1. The number of rotatable bonds is 6. The first-order valence-electron chi connectivity index (χ1n) is 10.4. The van der Waals surface area contributed by atoms with E-state index in [1.807, 2.05) is 0 Å². The van der Waals surface area contributed by atoms with Gasteiger partial charge in [-0.05, 0) is 49.2 Å². The van der Waals surface area contributed by atoms with Gasteiger partial charge in [0.05, 0.1) is 23.3 Å². The first kappa shape index (κ1) is 21.0. The minimum atomic E-state index is -0.569. The number of benzene rings is 2. The number of nitrogens with one attached hydrogen (secondary N) is 2. The summed E-state index contributed by atoms with van der Waals surface area (Å²) in [7, 11) is 0. The van der Waals surface area contributed by atoms with E-state index in [9.17, 15) is 18.8 Å². The molecule has 0 bridgehead atoms. The standard InChI is InChI=1S/C23H24FN3O4/c24-16-7-9-17(10-8-16)27-14-15(12-21(27)28)22(29)26-20-6-2-1-5-19(20)23(30)25-13-18-4-3-11-31-18/h1-2,5-10,15,18H,3-4,11-14H2,(H,25,30)(H,26,29)/t15-,18-/m0/s1. The Morgan fingerprint density at radius 1 is 1.13 bits per heavy atom. The molecule has 0 radical (unpaired) electrons. The summed E-state index contributed by atoms with van der Waals surface area (Å²) < 4.78 is 18.7. The topological polar surface area (TPSA) is 87.7 Å². The number of nitrogens with zero attached hydrogens (tertiary/aromatic N) is 1. The molecule has 3 amide bonds. The number of carbonyl (C=O) groups excluding carboxylic acids is 3. The van der Waals surface area contributed by atoms with Crippen molar-refractivity contribution >= 4 is 29.1 Å². The molecule has 0 saturated carbocycles. The lowest BCUT2D eigenvalue weighted by Crippen LogP contribution is -2.33. The molecule has 162 valence electrons. The van der Waals surface area contributed by atoms with E-state index in [1.54, 1.807) is 24.3 Å². The first-order valence-corrected chi connectivity index (χ1v) is 10.4. The van der Waals surface area contributed by atoms with E-state index in [-0.39, 0.29) is 42.6 Å². The average molecular weight is 425 g/mol. The van der Waals surface area contributed by atoms with Gasteiger partial charge in [-0.25, -0.2) is 4.39 Å². The molecule has 0 spiro atoms. The maximum atomic E-state index is 13.2. The van der Waals surface area contributed by atoms with Crippen LogP contribution in [0.25, 0.3) is 0 Å². The highest BCUT2D eigenvalue weighted by atomic mass is 19.1. The van der Waals surface area contributed by atoms with Gasteiger partial charge in [-0.15, -0.1) is 0 Å². The fourth-order valence-electron chi connectivity index (χ4n) is 3.89. The van der Waals surface area contributed by atoms with Gasteiger partial charge in [-0.1, -0.05) is 12.1 Å². The molecule has 2 aromatic carbocycles. The maximum Gasteiger partial charge on any atom is 0.253 e. The molecule has 0 aromatic heterocycles. The zero-order valence-electron chi connectivity index (χ0n) is 17.0. The van der Waals surface area contributed by atoms with Crippen LogP contribution in [0.4, 0.5) is 15.8 Å². The van der Waals surface area contributed by atoms with Gasteiger partial charge in [0.15, 0.2) is 0 Å². The van der Waals surface area contributed by atoms with Crippen molar-refractivity contribution in [2.75, 3.05) is 29.9 Å². The molecule has 2 atom stereocenters. The SMILES string of the molecule is O=C(NC[C@@H]1CCCO1)c1ccccc1NC(=O)[C@H]1CC(=O)N(c2ccc(F)cc2)C1. The Labute approximate surface area is 179 Å². The normalized spacial score (nSPS) is 20.7. The highest BCUT2D eigenvalue weighted by Crippen LogP contribution is 2.27. The van der Waals surface area contributed by atoms with Crippen molar-refractivity contribution in [1.82, 2.24) is 5.32 Å². The predicted molar refractivity (Wildman–Crippen MR) is 113 cm³/mol. The molecular formula is C23H24FN3O4. The zero-order chi connectivity index (χ0) is 21.8. The van der Waals surface area contributed by atoms with Gasteiger partial charge >= 0.3 is 0 Å². The van der Waals surface area contributed by atoms with Crippen LogP contribution in [0.1, 0.15) is 29.6 Å². The summed E-state index contributed by atoms with van der Waals surface area (Å²) in [6.07, 6.45) is 1.98. The third-order valence-electron chi connectivity index (χ3n) is 5.58. The Hall–Kier alpha value is -3.26. The van der Waals surface area contributed by atoms with E-state index in [1.165, 1.54) is 29.2 Å². The molecule has 31 heavy (non-hydrogen) atoms. The third kappa shape index (κ3) is 4.91. The predicted octanol–water partition coefficient (Wildman–Crippen LogP) is 2.73. The van der Waals surface area contributed by atoms with Gasteiger partial charge in [-0.3, -0.25) is 14.4 Å². The van der Waals surface area contributed by atoms with Crippen molar-refractivity contribution in [1.29, 1.82) is 0 Å². The van der Waals surface area contributed by atoms with Crippen LogP contribution in [-0.2, 0) is 14.3 Å². The van der Waals surface area contributed by atoms with Crippen LogP contribution in [0.15, 0.2) is 48.5 Å². The summed E-state index contributed by atoms with van der Waals surface area (Å²) in [5, 5.41) is 5.65. The van der Waals surface area contributed by atoms with Gasteiger partial charge in [0.25, 0.3) is 5.91 Å². The third-order valence-corrected chi connectivity index (χ3v) is 5.58. The van der Waals surface area contributed by atoms with Crippen LogP contribution in [-0.4, -0.2) is 43.5 Å². The lowest BCUT2D eigenvalue weighted by atomic mass is 10.1. The monoisotopic (exact) mass is 425 g/mol. The Balaban J connectivity index is 1.40. The molecule has 0 aliphatic carbocycles. The summed E-state index contributed by atoms with van der Waals surface area (Å²) >= 11 is 0. The highest BCUT2D eigenvalue weighted by Gasteiger charge is 2.35. The van der Waals surface area contributed by atoms with E-state index in [2.05, 4.69) is 10.6 Å². The Morgan fingerprint density at radius 2 is 1.90 bits per heavy atom. The van der Waals surface area contributed by atoms with Gasteiger partial charge in [0, 0.05) is 31.8 Å². The van der Waals surface area contributed by atoms with E-state index < -0.39 is 5.92 Å². The maximum absolute atomic E-state index is 13.2. The van der Waals surface area contributed by atoms with Crippen LogP contribution < -0.4 is 15.5 Å². The second-order valence-electron chi connectivity index (χ2n) is 7.76. The zero-order valence-corrected chi connectivity index (χ0v) is 17.0. The summed E-state index contributed by atoms with van der Waals surface area (Å²) in [6.45, 7) is 1.33. The lowest BCUT2D eigenvalue weighted by Gasteiger charge is -2.17. The lowest BCUT2D eigenvalue weighted by molar-refractivity contribution is -0.122. The molecule has 2 aromatic rings. The Morgan fingerprint density at radius 3 is 2.65 bits per heavy atom. The summed E-state index contributed by atoms with van der Waals surface area (Å²) in [6, 6.07) is 12.4. The van der Waals surface area contributed by atoms with Crippen molar-refractivity contribution in [2.45, 2.75) is 25.4 Å². The van der Waals surface area contributed by atoms with E-state index in [0.29, 0.717) is 30.1 Å². The summed E-state index contributed by atoms with van der Waals surface area (Å²) in [4.78, 5) is 39.3. The van der Waals surface area contributed by atoms with Crippen LogP contribution in [0.3, 0.4) is 0 Å². The van der Waals surface area contributed by atoms with Crippen molar-refractivity contribution in [2.24, 2.45) is 5.92 Å². The van der Waals surface area contributed by atoms with Gasteiger partial charge in [-0.2, -0.15) is 0 Å². The number of hydrogen-bond donors (Lipinski definition) is 2. The van der Waals surface area contributed by atoms with Gasteiger partial charge in [0.2, 0.25) is 11.8 Å². The van der Waals surface area contributed by atoms with Gasteiger partial charge in [0.1, 0.15) is 5.82 Å². The molecule has 2 saturated heterocycles. The Kier molecular flexibility index (Phi) is 6.27. The van der Waals surface area contributed by atoms with Crippen LogP contribution in [0.5, 0.6) is 0 Å². The minimum absolute atomic E-state index is 0.0210. The number of anilines is 2. The fraction of sp³-hybridized carbons (Fsp3) is 0.348. The van der Waals surface area contributed by atoms with E-state index >= 15 is 0 Å². The Bertz CT molecular complexity index is 973. The van der Waals surface area contributed by atoms with Crippen LogP contribution in [0.2, 0.25) is 0 Å². The fourth-order valence-corrected chi connectivity index (χ4v) is 3.89. The molecule has 4 rings (SSSR count). The van der Waals surface area contributed by atoms with Crippen molar-refractivity contribution in [3.05, 3.63) is 59.9 Å². The molecular weight excluding hydrogens is 401 g/mol. The molecule has 8 heteroatoms. The second kappa shape index (κ2) is 9.26. The molecule has 2 N–H and O–H groups in total. The van der Waals surface area contributed by atoms with Crippen LogP contribution in [0, 0.1) is 11.7 Å². The quantitative estimate of drug-likeness (QED) is 0.745. The van der Waals surface area contributed by atoms with Crippen molar-refractivity contribution in [3.63, 3.8) is 0 Å². The van der Waals surface area contributed by atoms with E-state index in [4.69, 9.17) is 4.74 Å². The summed E-state index contributed by atoms with van der Waals surface area (Å²) in [5.41, 5.74) is 1.30. The number of carbonyl (C=O) groups is 3. The number of halogens is 1. The van der Waals surface area contributed by atoms with Crippen molar-refractivity contribution in [3.8, 4) is 0 Å². The number of ether oxygens (including phenoxy) is 1. The minimum Gasteiger partial charge on any atom is -0.376 e. The van der Waals surface area contributed by atoms with E-state index in [0.717, 1.165) is 12.8 Å². The van der Waals surface area contributed by atoms with Crippen LogP contribution >= 0.6 is 0 Å². The second-order valence-corrected chi connectivity index (χ2v) is 7.76. The largest absolute Gasteiger partial charge is 0.376 e. The first-order chi connectivity index (χ1) is 15.0.